The largest absolute Gasteiger partial charge is 0.381 e. The lowest BCUT2D eigenvalue weighted by Gasteiger charge is -2.03. The molecule has 0 spiro atoms. The van der Waals surface area contributed by atoms with E-state index in [0.717, 1.165) is 25.0 Å². The van der Waals surface area contributed by atoms with Crippen LogP contribution < -0.4 is 5.32 Å². The number of rotatable bonds is 8. The van der Waals surface area contributed by atoms with Crippen molar-refractivity contribution in [3.63, 3.8) is 0 Å². The van der Waals surface area contributed by atoms with Crippen LogP contribution in [0, 0.1) is 0 Å². The zero-order valence-corrected chi connectivity index (χ0v) is 13.2. The van der Waals surface area contributed by atoms with Gasteiger partial charge in [0.15, 0.2) is 11.5 Å². The van der Waals surface area contributed by atoms with E-state index >= 15 is 0 Å². The maximum atomic E-state index is 11.9. The van der Waals surface area contributed by atoms with Gasteiger partial charge in [0, 0.05) is 36.4 Å². The van der Waals surface area contributed by atoms with E-state index in [2.05, 4.69) is 17.4 Å². The van der Waals surface area contributed by atoms with E-state index in [1.165, 1.54) is 0 Å². The molecule has 6 heteroatoms. The topological polar surface area (TPSA) is 64.4 Å². The van der Waals surface area contributed by atoms with Gasteiger partial charge in [-0.15, -0.1) is 0 Å². The summed E-state index contributed by atoms with van der Waals surface area (Å²) in [7, 11) is 0. The number of halogens is 1. The third-order valence-electron chi connectivity index (χ3n) is 2.97. The lowest BCUT2D eigenvalue weighted by atomic mass is 10.1. The second-order valence-corrected chi connectivity index (χ2v) is 5.24. The van der Waals surface area contributed by atoms with Crippen molar-refractivity contribution in [3.8, 4) is 11.3 Å². The summed E-state index contributed by atoms with van der Waals surface area (Å²) in [5.74, 6) is 0.285. The van der Waals surface area contributed by atoms with Crippen LogP contribution in [-0.2, 0) is 4.74 Å². The first kappa shape index (κ1) is 16.5. The summed E-state index contributed by atoms with van der Waals surface area (Å²) in [6.45, 7) is 4.00. The molecule has 0 unspecified atom stereocenters. The van der Waals surface area contributed by atoms with Crippen LogP contribution in [-0.4, -0.2) is 30.8 Å². The highest BCUT2D eigenvalue weighted by atomic mass is 35.5. The molecule has 0 bridgehead atoms. The SMILES string of the molecule is CCCOCCCNC(=O)c1cc(-c2ccc(Cl)cc2)on1. The minimum atomic E-state index is -0.251. The Labute approximate surface area is 134 Å². The number of nitrogens with one attached hydrogen (secondary N) is 1. The predicted octanol–water partition coefficient (Wildman–Crippen LogP) is 3.54. The summed E-state index contributed by atoms with van der Waals surface area (Å²) in [5.41, 5.74) is 1.09. The summed E-state index contributed by atoms with van der Waals surface area (Å²) in [4.78, 5) is 11.9. The minimum absolute atomic E-state index is 0.251. The van der Waals surface area contributed by atoms with Gasteiger partial charge in [-0.05, 0) is 37.1 Å². The van der Waals surface area contributed by atoms with Crippen LogP contribution in [0.2, 0.25) is 5.02 Å². The number of ether oxygens (including phenoxy) is 1. The highest BCUT2D eigenvalue weighted by molar-refractivity contribution is 6.30. The lowest BCUT2D eigenvalue weighted by molar-refractivity contribution is 0.0932. The van der Waals surface area contributed by atoms with Gasteiger partial charge in [0.25, 0.3) is 5.91 Å². The molecule has 1 aromatic heterocycles. The molecule has 1 amide bonds. The monoisotopic (exact) mass is 322 g/mol. The third-order valence-corrected chi connectivity index (χ3v) is 3.22. The smallest absolute Gasteiger partial charge is 0.273 e. The Morgan fingerprint density at radius 3 is 2.82 bits per heavy atom. The van der Waals surface area contributed by atoms with Gasteiger partial charge in [-0.2, -0.15) is 0 Å². The number of hydrogen-bond acceptors (Lipinski definition) is 4. The molecule has 0 saturated heterocycles. The Bertz CT molecular complexity index is 596. The quantitative estimate of drug-likeness (QED) is 0.755. The van der Waals surface area contributed by atoms with Crippen molar-refractivity contribution in [1.82, 2.24) is 10.5 Å². The van der Waals surface area contributed by atoms with Crippen LogP contribution in [0.4, 0.5) is 0 Å². The molecule has 0 saturated carbocycles. The number of carbonyl (C=O) groups excluding carboxylic acids is 1. The van der Waals surface area contributed by atoms with Crippen molar-refractivity contribution >= 4 is 17.5 Å². The Morgan fingerprint density at radius 2 is 2.09 bits per heavy atom. The Kier molecular flexibility index (Phi) is 6.43. The summed E-state index contributed by atoms with van der Waals surface area (Å²) in [6.07, 6.45) is 1.77. The lowest BCUT2D eigenvalue weighted by Crippen LogP contribution is -2.25. The van der Waals surface area contributed by atoms with Gasteiger partial charge < -0.3 is 14.6 Å². The number of aromatic nitrogens is 1. The van der Waals surface area contributed by atoms with Crippen LogP contribution in [0.3, 0.4) is 0 Å². The molecule has 0 radical (unpaired) electrons. The highest BCUT2D eigenvalue weighted by Gasteiger charge is 2.13. The van der Waals surface area contributed by atoms with Gasteiger partial charge in [0.1, 0.15) is 0 Å². The standard InChI is InChI=1S/C16H19ClN2O3/c1-2-9-21-10-3-8-18-16(20)14-11-15(22-19-14)12-4-6-13(17)7-5-12/h4-7,11H,2-3,8-10H2,1H3,(H,18,20). The molecular weight excluding hydrogens is 304 g/mol. The molecule has 1 aromatic carbocycles. The average Bonchev–Trinajstić information content (AvgIpc) is 3.01. The van der Waals surface area contributed by atoms with Gasteiger partial charge in [-0.25, -0.2) is 0 Å². The summed E-state index contributed by atoms with van der Waals surface area (Å²) < 4.78 is 10.5. The number of carbonyl (C=O) groups is 1. The molecule has 0 atom stereocenters. The van der Waals surface area contributed by atoms with E-state index in [1.807, 2.05) is 12.1 Å². The Hall–Kier alpha value is -1.85. The second kappa shape index (κ2) is 8.56. The molecule has 1 N–H and O–H groups in total. The minimum Gasteiger partial charge on any atom is -0.381 e. The third kappa shape index (κ3) is 4.86. The van der Waals surface area contributed by atoms with Crippen molar-refractivity contribution < 1.29 is 14.1 Å². The zero-order valence-electron chi connectivity index (χ0n) is 12.5. The highest BCUT2D eigenvalue weighted by Crippen LogP contribution is 2.22. The molecule has 1 heterocycles. The molecule has 0 fully saturated rings. The van der Waals surface area contributed by atoms with E-state index in [1.54, 1.807) is 18.2 Å². The van der Waals surface area contributed by atoms with Crippen LogP contribution >= 0.6 is 11.6 Å². The van der Waals surface area contributed by atoms with Crippen LogP contribution in [0.25, 0.3) is 11.3 Å². The van der Waals surface area contributed by atoms with Crippen molar-refractivity contribution in [2.24, 2.45) is 0 Å². The molecule has 0 aliphatic rings. The van der Waals surface area contributed by atoms with E-state index in [4.69, 9.17) is 20.9 Å². The summed E-state index contributed by atoms with van der Waals surface area (Å²) in [6, 6.07) is 8.77. The van der Waals surface area contributed by atoms with Gasteiger partial charge >= 0.3 is 0 Å². The maximum absolute atomic E-state index is 11.9. The predicted molar refractivity (Wildman–Crippen MR) is 85.0 cm³/mol. The van der Waals surface area contributed by atoms with Crippen molar-refractivity contribution in [2.45, 2.75) is 19.8 Å². The fraction of sp³-hybridized carbons (Fsp3) is 0.375. The van der Waals surface area contributed by atoms with E-state index in [-0.39, 0.29) is 11.6 Å². The number of nitrogens with zero attached hydrogens (tertiary/aromatic N) is 1. The van der Waals surface area contributed by atoms with Gasteiger partial charge in [-0.3, -0.25) is 4.79 Å². The molecule has 22 heavy (non-hydrogen) atoms. The Morgan fingerprint density at radius 1 is 1.32 bits per heavy atom. The zero-order chi connectivity index (χ0) is 15.8. The summed E-state index contributed by atoms with van der Waals surface area (Å²) >= 11 is 5.84. The van der Waals surface area contributed by atoms with Crippen molar-refractivity contribution in [2.75, 3.05) is 19.8 Å². The molecule has 0 aliphatic carbocycles. The van der Waals surface area contributed by atoms with Gasteiger partial charge in [0.05, 0.1) is 0 Å². The first-order chi connectivity index (χ1) is 10.7. The van der Waals surface area contributed by atoms with E-state index in [0.29, 0.717) is 23.9 Å². The summed E-state index contributed by atoms with van der Waals surface area (Å²) in [5, 5.41) is 7.22. The second-order valence-electron chi connectivity index (χ2n) is 4.81. The van der Waals surface area contributed by atoms with E-state index in [9.17, 15) is 4.79 Å². The van der Waals surface area contributed by atoms with Crippen molar-refractivity contribution in [3.05, 3.63) is 41.0 Å². The van der Waals surface area contributed by atoms with Gasteiger partial charge in [0.2, 0.25) is 0 Å². The van der Waals surface area contributed by atoms with Crippen molar-refractivity contribution in [1.29, 1.82) is 0 Å². The maximum Gasteiger partial charge on any atom is 0.273 e. The molecule has 2 rings (SSSR count). The van der Waals surface area contributed by atoms with Crippen LogP contribution in [0.5, 0.6) is 0 Å². The molecular formula is C16H19ClN2O3. The molecule has 0 aliphatic heterocycles. The molecule has 5 nitrogen and oxygen atoms in total. The first-order valence-electron chi connectivity index (χ1n) is 7.29. The van der Waals surface area contributed by atoms with Crippen LogP contribution in [0.15, 0.2) is 34.9 Å². The number of amides is 1. The fourth-order valence-corrected chi connectivity index (χ4v) is 1.97. The number of benzene rings is 1. The fourth-order valence-electron chi connectivity index (χ4n) is 1.85. The normalized spacial score (nSPS) is 10.6. The first-order valence-corrected chi connectivity index (χ1v) is 7.67. The number of hydrogen-bond donors (Lipinski definition) is 1. The molecule has 118 valence electrons. The molecule has 2 aromatic rings. The van der Waals surface area contributed by atoms with Gasteiger partial charge in [-0.1, -0.05) is 23.7 Å². The van der Waals surface area contributed by atoms with Crippen LogP contribution in [0.1, 0.15) is 30.3 Å². The van der Waals surface area contributed by atoms with E-state index < -0.39 is 0 Å². The Balaban J connectivity index is 1.83. The average molecular weight is 323 g/mol.